The lowest BCUT2D eigenvalue weighted by Gasteiger charge is -2.07. The molecular weight excluding hydrogens is 371 g/mol. The van der Waals surface area contributed by atoms with Crippen molar-refractivity contribution in [2.75, 3.05) is 5.32 Å². The number of amides is 1. The first-order valence-corrected chi connectivity index (χ1v) is 7.60. The van der Waals surface area contributed by atoms with Crippen molar-refractivity contribution in [2.24, 2.45) is 0 Å². The van der Waals surface area contributed by atoms with Crippen LogP contribution < -0.4 is 10.9 Å². The molecule has 2 aromatic carbocycles. The maximum Gasteiger partial charge on any atom is 0.360 e. The van der Waals surface area contributed by atoms with Crippen molar-refractivity contribution in [2.45, 2.75) is 0 Å². The summed E-state index contributed by atoms with van der Waals surface area (Å²) in [5, 5.41) is 13.9. The number of non-ortho nitro benzene ring substituents is 1. The minimum atomic E-state index is -0.923. The van der Waals surface area contributed by atoms with E-state index in [0.717, 1.165) is 0 Å². The predicted octanol–water partition coefficient (Wildman–Crippen LogP) is 4.26. The van der Waals surface area contributed by atoms with Crippen molar-refractivity contribution >= 4 is 51.5 Å². The number of rotatable bonds is 3. The second-order valence-electron chi connectivity index (χ2n) is 4.96. The van der Waals surface area contributed by atoms with Crippen molar-refractivity contribution in [3.05, 3.63) is 78.6 Å². The molecule has 0 aliphatic heterocycles. The van der Waals surface area contributed by atoms with Crippen LogP contribution in [-0.4, -0.2) is 10.8 Å². The molecule has 126 valence electrons. The molecule has 7 nitrogen and oxygen atoms in total. The van der Waals surface area contributed by atoms with Gasteiger partial charge in [0.05, 0.1) is 20.5 Å². The number of fused-ring (bicyclic) bond motifs is 1. The zero-order chi connectivity index (χ0) is 18.1. The summed E-state index contributed by atoms with van der Waals surface area (Å²) >= 11 is 11.8. The molecule has 0 atom stereocenters. The first-order valence-electron chi connectivity index (χ1n) is 6.85. The highest BCUT2D eigenvalue weighted by Crippen LogP contribution is 2.28. The van der Waals surface area contributed by atoms with Gasteiger partial charge < -0.3 is 9.73 Å². The van der Waals surface area contributed by atoms with Gasteiger partial charge in [-0.3, -0.25) is 14.9 Å². The number of anilines is 1. The van der Waals surface area contributed by atoms with Gasteiger partial charge in [0.15, 0.2) is 0 Å². The van der Waals surface area contributed by atoms with Crippen molar-refractivity contribution in [1.29, 1.82) is 0 Å². The number of hydrogen-bond acceptors (Lipinski definition) is 5. The van der Waals surface area contributed by atoms with E-state index in [-0.39, 0.29) is 32.6 Å². The minimum absolute atomic E-state index is 0.0440. The summed E-state index contributed by atoms with van der Waals surface area (Å²) in [5.41, 5.74) is -1.53. The summed E-state index contributed by atoms with van der Waals surface area (Å²) in [5.74, 6) is -0.662. The molecule has 0 aliphatic rings. The normalized spacial score (nSPS) is 10.6. The smallest absolute Gasteiger partial charge is 0.360 e. The molecule has 0 radical (unpaired) electrons. The highest BCUT2D eigenvalue weighted by atomic mass is 35.5. The number of nitro benzene ring substituents is 1. The molecule has 3 rings (SSSR count). The lowest BCUT2D eigenvalue weighted by molar-refractivity contribution is -0.383. The van der Waals surface area contributed by atoms with Crippen LogP contribution in [0.25, 0.3) is 11.0 Å². The van der Waals surface area contributed by atoms with E-state index in [1.807, 2.05) is 0 Å². The Morgan fingerprint density at radius 1 is 1.16 bits per heavy atom. The van der Waals surface area contributed by atoms with Gasteiger partial charge in [-0.1, -0.05) is 41.4 Å². The number of para-hydroxylation sites is 1. The maximum atomic E-state index is 12.3. The molecule has 3 aromatic rings. The summed E-state index contributed by atoms with van der Waals surface area (Å²) in [6.07, 6.45) is 0. The first kappa shape index (κ1) is 16.9. The van der Waals surface area contributed by atoms with E-state index in [1.165, 1.54) is 42.5 Å². The SMILES string of the molecule is O=C(Nc1cc2cccc([N+](=O)[O-])c2oc1=O)c1cccc(Cl)c1Cl. The summed E-state index contributed by atoms with van der Waals surface area (Å²) in [6.45, 7) is 0. The van der Waals surface area contributed by atoms with E-state index in [2.05, 4.69) is 5.32 Å². The number of benzene rings is 2. The van der Waals surface area contributed by atoms with Crippen LogP contribution in [0.2, 0.25) is 10.0 Å². The third-order valence-corrected chi connectivity index (χ3v) is 4.20. The number of nitro groups is 1. The molecule has 1 heterocycles. The topological polar surface area (TPSA) is 102 Å². The van der Waals surface area contributed by atoms with Gasteiger partial charge in [0.1, 0.15) is 5.69 Å². The molecule has 25 heavy (non-hydrogen) atoms. The Morgan fingerprint density at radius 3 is 2.60 bits per heavy atom. The van der Waals surface area contributed by atoms with Gasteiger partial charge in [-0.2, -0.15) is 0 Å². The van der Waals surface area contributed by atoms with Gasteiger partial charge in [-0.25, -0.2) is 4.79 Å². The fourth-order valence-electron chi connectivity index (χ4n) is 2.23. The van der Waals surface area contributed by atoms with Crippen LogP contribution in [0, 0.1) is 10.1 Å². The molecule has 0 spiro atoms. The molecule has 1 N–H and O–H groups in total. The molecule has 1 amide bonds. The van der Waals surface area contributed by atoms with Gasteiger partial charge in [0, 0.05) is 11.5 Å². The van der Waals surface area contributed by atoms with Crippen LogP contribution in [0.1, 0.15) is 10.4 Å². The van der Waals surface area contributed by atoms with Crippen molar-refractivity contribution < 1.29 is 14.1 Å². The Bertz CT molecular complexity index is 1080. The van der Waals surface area contributed by atoms with Gasteiger partial charge >= 0.3 is 11.3 Å². The molecule has 0 aliphatic carbocycles. The highest BCUT2D eigenvalue weighted by Gasteiger charge is 2.18. The highest BCUT2D eigenvalue weighted by molar-refractivity contribution is 6.44. The summed E-state index contributed by atoms with van der Waals surface area (Å²) in [6, 6.07) is 9.98. The summed E-state index contributed by atoms with van der Waals surface area (Å²) in [7, 11) is 0. The molecular formula is C16H8Cl2N2O5. The second kappa shape index (κ2) is 6.54. The molecule has 1 aromatic heterocycles. The average Bonchev–Trinajstić information content (AvgIpc) is 2.57. The van der Waals surface area contributed by atoms with E-state index >= 15 is 0 Å². The van der Waals surface area contributed by atoms with E-state index in [4.69, 9.17) is 27.6 Å². The third-order valence-electron chi connectivity index (χ3n) is 3.38. The molecule has 9 heteroatoms. The Kier molecular flexibility index (Phi) is 4.43. The van der Waals surface area contributed by atoms with Crippen molar-refractivity contribution in [3.63, 3.8) is 0 Å². The largest absolute Gasteiger partial charge is 0.414 e. The zero-order valence-electron chi connectivity index (χ0n) is 12.3. The molecule has 0 unspecified atom stereocenters. The fraction of sp³-hybridized carbons (Fsp3) is 0. The Morgan fingerprint density at radius 2 is 1.88 bits per heavy atom. The predicted molar refractivity (Wildman–Crippen MR) is 93.6 cm³/mol. The lowest BCUT2D eigenvalue weighted by Crippen LogP contribution is -2.18. The third kappa shape index (κ3) is 3.19. The van der Waals surface area contributed by atoms with Crippen LogP contribution in [0.5, 0.6) is 0 Å². The van der Waals surface area contributed by atoms with Gasteiger partial charge in [-0.05, 0) is 18.2 Å². The van der Waals surface area contributed by atoms with Crippen molar-refractivity contribution in [3.8, 4) is 0 Å². The number of nitrogens with one attached hydrogen (secondary N) is 1. The van der Waals surface area contributed by atoms with Crippen LogP contribution in [0.4, 0.5) is 11.4 Å². The van der Waals surface area contributed by atoms with Gasteiger partial charge in [0.2, 0.25) is 5.58 Å². The lowest BCUT2D eigenvalue weighted by atomic mass is 10.2. The number of carbonyl (C=O) groups excluding carboxylic acids is 1. The Labute approximate surface area is 149 Å². The number of hydrogen-bond donors (Lipinski definition) is 1. The summed E-state index contributed by atoms with van der Waals surface area (Å²) < 4.78 is 5.00. The number of nitrogens with zero attached hydrogens (tertiary/aromatic N) is 1. The van der Waals surface area contributed by atoms with Crippen LogP contribution in [-0.2, 0) is 0 Å². The molecule has 0 saturated heterocycles. The molecule has 0 bridgehead atoms. The van der Waals surface area contributed by atoms with E-state index in [0.29, 0.717) is 5.39 Å². The second-order valence-corrected chi connectivity index (χ2v) is 5.74. The summed E-state index contributed by atoms with van der Waals surface area (Å²) in [4.78, 5) is 34.7. The molecule has 0 fully saturated rings. The van der Waals surface area contributed by atoms with Gasteiger partial charge in [0.25, 0.3) is 5.91 Å². The zero-order valence-corrected chi connectivity index (χ0v) is 13.8. The standard InChI is InChI=1S/C16H8Cl2N2O5/c17-10-5-2-4-9(13(10)18)15(21)19-11-7-8-3-1-6-12(20(23)24)14(8)25-16(11)22/h1-7H,(H,19,21). The Hall–Kier alpha value is -2.90. The number of carbonyl (C=O) groups is 1. The quantitative estimate of drug-likeness (QED) is 0.416. The van der Waals surface area contributed by atoms with Crippen molar-refractivity contribution in [1.82, 2.24) is 0 Å². The molecule has 0 saturated carbocycles. The number of halogens is 2. The average molecular weight is 379 g/mol. The van der Waals surface area contributed by atoms with Gasteiger partial charge in [-0.15, -0.1) is 0 Å². The van der Waals surface area contributed by atoms with E-state index < -0.39 is 16.5 Å². The monoisotopic (exact) mass is 378 g/mol. The fourth-order valence-corrected chi connectivity index (χ4v) is 2.62. The van der Waals surface area contributed by atoms with E-state index in [1.54, 1.807) is 0 Å². The Balaban J connectivity index is 2.04. The van der Waals surface area contributed by atoms with E-state index in [9.17, 15) is 19.7 Å². The maximum absolute atomic E-state index is 12.3. The van der Waals surface area contributed by atoms with Crippen LogP contribution in [0.3, 0.4) is 0 Å². The minimum Gasteiger partial charge on any atom is -0.414 e. The van der Waals surface area contributed by atoms with Crippen LogP contribution >= 0.6 is 23.2 Å². The van der Waals surface area contributed by atoms with Crippen LogP contribution in [0.15, 0.2) is 51.7 Å². The first-order chi connectivity index (χ1) is 11.9.